The van der Waals surface area contributed by atoms with Gasteiger partial charge in [-0.2, -0.15) is 0 Å². The van der Waals surface area contributed by atoms with Crippen molar-refractivity contribution in [3.63, 3.8) is 0 Å². The molecule has 4 nitrogen and oxygen atoms in total. The molecule has 1 atom stereocenters. The molecule has 2 fully saturated rings. The molecule has 3 heterocycles. The van der Waals surface area contributed by atoms with Crippen LogP contribution >= 0.6 is 11.3 Å². The van der Waals surface area contributed by atoms with E-state index in [4.69, 9.17) is 9.72 Å². The lowest BCUT2D eigenvalue weighted by molar-refractivity contribution is -0.104. The van der Waals surface area contributed by atoms with Crippen LogP contribution in [0.4, 0.5) is 0 Å². The lowest BCUT2D eigenvalue weighted by Gasteiger charge is -2.46. The summed E-state index contributed by atoms with van der Waals surface area (Å²) in [6, 6.07) is 6.38. The van der Waals surface area contributed by atoms with Gasteiger partial charge in [0.15, 0.2) is 0 Å². The average molecular weight is 372 g/mol. The van der Waals surface area contributed by atoms with Gasteiger partial charge >= 0.3 is 0 Å². The molecule has 1 saturated heterocycles. The van der Waals surface area contributed by atoms with Gasteiger partial charge in [0.2, 0.25) is 0 Å². The molecule has 26 heavy (non-hydrogen) atoms. The third kappa shape index (κ3) is 3.85. The van der Waals surface area contributed by atoms with Crippen LogP contribution in [0.5, 0.6) is 0 Å². The van der Waals surface area contributed by atoms with Crippen LogP contribution in [0.2, 0.25) is 0 Å². The van der Waals surface area contributed by atoms with E-state index >= 15 is 0 Å². The van der Waals surface area contributed by atoms with Crippen LogP contribution in [0.1, 0.15) is 60.5 Å². The number of pyridine rings is 1. The fourth-order valence-corrected chi connectivity index (χ4v) is 5.59. The number of rotatable bonds is 6. The Kier molecular flexibility index (Phi) is 5.39. The molecule has 0 radical (unpaired) electrons. The standard InChI is InChI=1S/C21H29N3OS/c1-17-24-15-18(26-17)14-22-12-9-20(19-6-2-5-11-23-19)10-13-25-21(16-20)7-3-4-8-21/h2,5-6,11,15,22H,3-4,7-10,12-14,16H2,1H3/t20-/m1/s1. The van der Waals surface area contributed by atoms with E-state index in [2.05, 4.69) is 29.4 Å². The molecule has 1 aliphatic heterocycles. The van der Waals surface area contributed by atoms with Crippen molar-refractivity contribution in [1.82, 2.24) is 15.3 Å². The first-order valence-corrected chi connectivity index (χ1v) is 10.7. The van der Waals surface area contributed by atoms with E-state index < -0.39 is 0 Å². The van der Waals surface area contributed by atoms with Gasteiger partial charge in [0.05, 0.1) is 10.6 Å². The zero-order valence-corrected chi connectivity index (χ0v) is 16.5. The van der Waals surface area contributed by atoms with Crippen LogP contribution in [0, 0.1) is 6.92 Å². The molecule has 1 saturated carbocycles. The van der Waals surface area contributed by atoms with Gasteiger partial charge in [-0.1, -0.05) is 18.9 Å². The maximum Gasteiger partial charge on any atom is 0.0897 e. The third-order valence-corrected chi connectivity index (χ3v) is 7.03. The van der Waals surface area contributed by atoms with Crippen LogP contribution in [-0.2, 0) is 16.7 Å². The molecule has 1 N–H and O–H groups in total. The Labute approximate surface area is 160 Å². The molecule has 0 bridgehead atoms. The summed E-state index contributed by atoms with van der Waals surface area (Å²) >= 11 is 1.78. The molecule has 1 aliphatic carbocycles. The SMILES string of the molecule is Cc1ncc(CNCC[C@@]2(c3ccccn3)CCOC3(CCCC3)C2)s1. The monoisotopic (exact) mass is 371 g/mol. The third-order valence-electron chi connectivity index (χ3n) is 6.12. The molecule has 0 amide bonds. The summed E-state index contributed by atoms with van der Waals surface area (Å²) in [6.45, 7) is 4.84. The highest BCUT2D eigenvalue weighted by Crippen LogP contribution is 2.49. The van der Waals surface area contributed by atoms with Crippen molar-refractivity contribution in [2.75, 3.05) is 13.2 Å². The smallest absolute Gasteiger partial charge is 0.0897 e. The topological polar surface area (TPSA) is 47.0 Å². The second kappa shape index (κ2) is 7.75. The lowest BCUT2D eigenvalue weighted by Crippen LogP contribution is -2.47. The zero-order valence-electron chi connectivity index (χ0n) is 15.7. The maximum atomic E-state index is 6.33. The number of thiazole rings is 1. The molecule has 2 aromatic rings. The molecular formula is C21H29N3OS. The number of aryl methyl sites for hydroxylation is 1. The van der Waals surface area contributed by atoms with Crippen molar-refractivity contribution >= 4 is 11.3 Å². The molecule has 2 aliphatic rings. The van der Waals surface area contributed by atoms with E-state index in [-0.39, 0.29) is 11.0 Å². The van der Waals surface area contributed by atoms with E-state index in [1.807, 2.05) is 18.5 Å². The average Bonchev–Trinajstić information content (AvgIpc) is 3.29. The van der Waals surface area contributed by atoms with Gasteiger partial charge in [-0.05, 0) is 57.7 Å². The Morgan fingerprint density at radius 2 is 2.08 bits per heavy atom. The summed E-state index contributed by atoms with van der Waals surface area (Å²) < 4.78 is 6.33. The Morgan fingerprint density at radius 1 is 1.19 bits per heavy atom. The largest absolute Gasteiger partial charge is 0.375 e. The number of nitrogens with one attached hydrogen (secondary N) is 1. The van der Waals surface area contributed by atoms with Crippen LogP contribution in [0.3, 0.4) is 0 Å². The number of hydrogen-bond acceptors (Lipinski definition) is 5. The number of ether oxygens (including phenoxy) is 1. The summed E-state index contributed by atoms with van der Waals surface area (Å²) in [5.41, 5.74) is 1.50. The van der Waals surface area contributed by atoms with Gasteiger partial charge in [0, 0.05) is 41.5 Å². The number of aromatic nitrogens is 2. The van der Waals surface area contributed by atoms with Crippen LogP contribution in [0.25, 0.3) is 0 Å². The van der Waals surface area contributed by atoms with Crippen molar-refractivity contribution in [2.24, 2.45) is 0 Å². The van der Waals surface area contributed by atoms with E-state index in [0.717, 1.165) is 44.0 Å². The molecule has 0 unspecified atom stereocenters. The van der Waals surface area contributed by atoms with E-state index in [1.165, 1.54) is 36.3 Å². The first kappa shape index (κ1) is 18.1. The second-order valence-corrected chi connectivity index (χ2v) is 9.25. The molecule has 0 aromatic carbocycles. The van der Waals surface area contributed by atoms with Gasteiger partial charge in [-0.3, -0.25) is 4.98 Å². The summed E-state index contributed by atoms with van der Waals surface area (Å²) in [4.78, 5) is 10.4. The van der Waals surface area contributed by atoms with Crippen molar-refractivity contribution in [1.29, 1.82) is 0 Å². The normalized spacial score (nSPS) is 25.0. The minimum absolute atomic E-state index is 0.102. The molecule has 1 spiro atoms. The van der Waals surface area contributed by atoms with Crippen molar-refractivity contribution in [3.8, 4) is 0 Å². The predicted octanol–water partition coefficient (Wildman–Crippen LogP) is 4.39. The highest BCUT2D eigenvalue weighted by Gasteiger charge is 2.48. The molecule has 4 rings (SSSR count). The summed E-state index contributed by atoms with van der Waals surface area (Å²) in [5.74, 6) is 0. The van der Waals surface area contributed by atoms with Crippen LogP contribution in [0.15, 0.2) is 30.6 Å². The summed E-state index contributed by atoms with van der Waals surface area (Å²) in [6.07, 6.45) is 12.3. The fourth-order valence-electron chi connectivity index (χ4n) is 4.82. The first-order chi connectivity index (χ1) is 12.7. The Balaban J connectivity index is 1.46. The Morgan fingerprint density at radius 3 is 2.81 bits per heavy atom. The van der Waals surface area contributed by atoms with Crippen molar-refractivity contribution in [2.45, 2.75) is 69.4 Å². The predicted molar refractivity (Wildman–Crippen MR) is 105 cm³/mol. The fraction of sp³-hybridized carbons (Fsp3) is 0.619. The van der Waals surface area contributed by atoms with Gasteiger partial charge in [-0.15, -0.1) is 11.3 Å². The van der Waals surface area contributed by atoms with E-state index in [1.54, 1.807) is 11.3 Å². The van der Waals surface area contributed by atoms with Crippen LogP contribution < -0.4 is 5.32 Å². The highest BCUT2D eigenvalue weighted by molar-refractivity contribution is 7.11. The quantitative estimate of drug-likeness (QED) is 0.765. The summed E-state index contributed by atoms with van der Waals surface area (Å²) in [5, 5.41) is 4.78. The maximum absolute atomic E-state index is 6.33. The minimum Gasteiger partial charge on any atom is -0.375 e. The number of nitrogens with zero attached hydrogens (tertiary/aromatic N) is 2. The minimum atomic E-state index is 0.102. The van der Waals surface area contributed by atoms with E-state index in [0.29, 0.717) is 0 Å². The lowest BCUT2D eigenvalue weighted by atomic mass is 9.68. The van der Waals surface area contributed by atoms with Gasteiger partial charge in [0.1, 0.15) is 0 Å². The van der Waals surface area contributed by atoms with Crippen molar-refractivity contribution in [3.05, 3.63) is 46.2 Å². The molecular weight excluding hydrogens is 342 g/mol. The van der Waals surface area contributed by atoms with Gasteiger partial charge < -0.3 is 10.1 Å². The number of hydrogen-bond donors (Lipinski definition) is 1. The van der Waals surface area contributed by atoms with Crippen molar-refractivity contribution < 1.29 is 4.74 Å². The second-order valence-electron chi connectivity index (χ2n) is 7.93. The Hall–Kier alpha value is -1.30. The molecule has 5 heteroatoms. The van der Waals surface area contributed by atoms with Gasteiger partial charge in [-0.25, -0.2) is 4.98 Å². The zero-order chi connectivity index (χ0) is 17.9. The molecule has 140 valence electrons. The Bertz CT molecular complexity index is 711. The first-order valence-electron chi connectivity index (χ1n) is 9.87. The highest BCUT2D eigenvalue weighted by atomic mass is 32.1. The summed E-state index contributed by atoms with van der Waals surface area (Å²) in [7, 11) is 0. The molecule has 2 aromatic heterocycles. The van der Waals surface area contributed by atoms with E-state index in [9.17, 15) is 0 Å². The van der Waals surface area contributed by atoms with Crippen LogP contribution in [-0.4, -0.2) is 28.7 Å². The van der Waals surface area contributed by atoms with Gasteiger partial charge in [0.25, 0.3) is 0 Å².